The highest BCUT2D eigenvalue weighted by atomic mass is 16.7. The highest BCUT2D eigenvalue weighted by Crippen LogP contribution is 2.36. The second-order valence-electron chi connectivity index (χ2n) is 7.17. The van der Waals surface area contributed by atoms with E-state index in [0.717, 1.165) is 42.9 Å². The van der Waals surface area contributed by atoms with Crippen LogP contribution >= 0.6 is 0 Å². The molecule has 5 rings (SSSR count). The van der Waals surface area contributed by atoms with E-state index < -0.39 is 0 Å². The van der Waals surface area contributed by atoms with Crippen molar-refractivity contribution in [1.29, 1.82) is 0 Å². The van der Waals surface area contributed by atoms with E-state index in [-0.39, 0.29) is 12.7 Å². The predicted octanol–water partition coefficient (Wildman–Crippen LogP) is 3.00. The van der Waals surface area contributed by atoms with Crippen LogP contribution < -0.4 is 9.47 Å². The minimum absolute atomic E-state index is 0.00670. The maximum absolute atomic E-state index is 13.0. The number of ether oxygens (including phenoxy) is 2. The first-order valence-electron chi connectivity index (χ1n) is 9.23. The Balaban J connectivity index is 1.52. The molecule has 2 aliphatic rings. The summed E-state index contributed by atoms with van der Waals surface area (Å²) in [7, 11) is 0. The number of hydrogen-bond acceptors (Lipinski definition) is 5. The molecule has 0 atom stereocenters. The maximum Gasteiger partial charge on any atom is 0.259 e. The second kappa shape index (κ2) is 6.26. The lowest BCUT2D eigenvalue weighted by Gasteiger charge is -2.29. The van der Waals surface area contributed by atoms with E-state index in [1.54, 1.807) is 16.9 Å². The zero-order valence-electron chi connectivity index (χ0n) is 15.1. The minimum Gasteiger partial charge on any atom is -0.454 e. The SMILES string of the molecule is CC1CCN(C(=O)c2cnn3c(-c4ccc5c(c4)OCO5)ccnc23)CC1. The van der Waals surface area contributed by atoms with Crippen molar-refractivity contribution in [3.05, 3.63) is 42.2 Å². The van der Waals surface area contributed by atoms with Gasteiger partial charge in [-0.25, -0.2) is 9.50 Å². The first-order valence-corrected chi connectivity index (χ1v) is 9.23. The molecule has 0 bridgehead atoms. The molecule has 138 valence electrons. The number of fused-ring (bicyclic) bond motifs is 2. The summed E-state index contributed by atoms with van der Waals surface area (Å²) in [6.07, 6.45) is 5.42. The van der Waals surface area contributed by atoms with Gasteiger partial charge in [-0.3, -0.25) is 4.79 Å². The highest BCUT2D eigenvalue weighted by Gasteiger charge is 2.25. The van der Waals surface area contributed by atoms with E-state index in [0.29, 0.717) is 22.9 Å². The molecule has 0 spiro atoms. The van der Waals surface area contributed by atoms with Crippen LogP contribution in [0.3, 0.4) is 0 Å². The summed E-state index contributed by atoms with van der Waals surface area (Å²) in [6, 6.07) is 7.65. The highest BCUT2D eigenvalue weighted by molar-refractivity contribution is 6.00. The van der Waals surface area contributed by atoms with Gasteiger partial charge < -0.3 is 14.4 Å². The lowest BCUT2D eigenvalue weighted by Crippen LogP contribution is -2.37. The number of carbonyl (C=O) groups excluding carboxylic acids is 1. The summed E-state index contributed by atoms with van der Waals surface area (Å²) in [5.74, 6) is 2.13. The van der Waals surface area contributed by atoms with Crippen LogP contribution in [-0.4, -0.2) is 45.3 Å². The van der Waals surface area contributed by atoms with E-state index in [2.05, 4.69) is 17.0 Å². The number of amides is 1. The second-order valence-corrected chi connectivity index (χ2v) is 7.17. The molecular formula is C20H20N4O3. The maximum atomic E-state index is 13.0. The van der Waals surface area contributed by atoms with Crippen molar-refractivity contribution in [3.63, 3.8) is 0 Å². The first kappa shape index (κ1) is 16.1. The molecule has 4 heterocycles. The summed E-state index contributed by atoms with van der Waals surface area (Å²) >= 11 is 0. The molecule has 7 nitrogen and oxygen atoms in total. The van der Waals surface area contributed by atoms with Gasteiger partial charge in [-0.1, -0.05) is 6.92 Å². The van der Waals surface area contributed by atoms with Crippen molar-refractivity contribution in [3.8, 4) is 22.8 Å². The average molecular weight is 364 g/mol. The van der Waals surface area contributed by atoms with Gasteiger partial charge in [0.1, 0.15) is 5.56 Å². The number of benzene rings is 1. The zero-order valence-corrected chi connectivity index (χ0v) is 15.1. The summed E-state index contributed by atoms with van der Waals surface area (Å²) in [5.41, 5.74) is 2.91. The lowest BCUT2D eigenvalue weighted by atomic mass is 9.99. The van der Waals surface area contributed by atoms with E-state index in [1.807, 2.05) is 29.2 Å². The first-order chi connectivity index (χ1) is 13.2. The van der Waals surface area contributed by atoms with Crippen molar-refractivity contribution >= 4 is 11.6 Å². The van der Waals surface area contributed by atoms with Crippen LogP contribution in [0.1, 0.15) is 30.1 Å². The third-order valence-corrected chi connectivity index (χ3v) is 5.37. The standard InChI is InChI=1S/C20H20N4O3/c1-13-5-8-23(9-6-13)20(25)15-11-22-24-16(4-7-21-19(15)24)14-2-3-17-18(10-14)27-12-26-17/h2-4,7,10-11,13H,5-6,8-9,12H2,1H3. The van der Waals surface area contributed by atoms with Crippen molar-refractivity contribution in [2.45, 2.75) is 19.8 Å². The molecule has 1 amide bonds. The van der Waals surface area contributed by atoms with Gasteiger partial charge in [0.25, 0.3) is 5.91 Å². The summed E-state index contributed by atoms with van der Waals surface area (Å²) < 4.78 is 12.6. The molecule has 1 aromatic carbocycles. The average Bonchev–Trinajstić information content (AvgIpc) is 3.34. The number of nitrogens with zero attached hydrogens (tertiary/aromatic N) is 4. The Morgan fingerprint density at radius 3 is 2.81 bits per heavy atom. The molecule has 0 aliphatic carbocycles. The largest absolute Gasteiger partial charge is 0.454 e. The molecular weight excluding hydrogens is 344 g/mol. The monoisotopic (exact) mass is 364 g/mol. The van der Waals surface area contributed by atoms with E-state index in [4.69, 9.17) is 9.47 Å². The Hall–Kier alpha value is -3.09. The predicted molar refractivity (Wildman–Crippen MR) is 98.8 cm³/mol. The van der Waals surface area contributed by atoms with Crippen LogP contribution in [0.2, 0.25) is 0 Å². The van der Waals surface area contributed by atoms with Crippen LogP contribution in [0.5, 0.6) is 11.5 Å². The van der Waals surface area contributed by atoms with Crippen molar-refractivity contribution in [2.24, 2.45) is 5.92 Å². The molecule has 2 aliphatic heterocycles. The molecule has 27 heavy (non-hydrogen) atoms. The molecule has 1 saturated heterocycles. The van der Waals surface area contributed by atoms with Crippen molar-refractivity contribution < 1.29 is 14.3 Å². The molecule has 0 N–H and O–H groups in total. The molecule has 7 heteroatoms. The molecule has 1 fully saturated rings. The van der Waals surface area contributed by atoms with Gasteiger partial charge in [-0.2, -0.15) is 5.10 Å². The minimum atomic E-state index is 0.00670. The van der Waals surface area contributed by atoms with Crippen molar-refractivity contribution in [1.82, 2.24) is 19.5 Å². The van der Waals surface area contributed by atoms with Gasteiger partial charge in [0.15, 0.2) is 17.1 Å². The van der Waals surface area contributed by atoms with Gasteiger partial charge in [0.2, 0.25) is 6.79 Å². The Labute approximate surface area is 156 Å². The molecule has 2 aromatic heterocycles. The fourth-order valence-corrected chi connectivity index (χ4v) is 3.70. The summed E-state index contributed by atoms with van der Waals surface area (Å²) in [4.78, 5) is 19.3. The van der Waals surface area contributed by atoms with Crippen LogP contribution in [0.15, 0.2) is 36.7 Å². The van der Waals surface area contributed by atoms with Gasteiger partial charge in [-0.05, 0) is 43.0 Å². The number of carbonyl (C=O) groups is 1. The lowest BCUT2D eigenvalue weighted by molar-refractivity contribution is 0.0699. The number of piperidine rings is 1. The van der Waals surface area contributed by atoms with Crippen LogP contribution in [0, 0.1) is 5.92 Å². The van der Waals surface area contributed by atoms with E-state index in [9.17, 15) is 4.79 Å². The van der Waals surface area contributed by atoms with Crippen LogP contribution in [0.25, 0.3) is 16.9 Å². The molecule has 0 radical (unpaired) electrons. The number of hydrogen-bond donors (Lipinski definition) is 0. The smallest absolute Gasteiger partial charge is 0.259 e. The normalized spacial score (nSPS) is 16.9. The fraction of sp³-hybridized carbons (Fsp3) is 0.350. The van der Waals surface area contributed by atoms with Crippen LogP contribution in [-0.2, 0) is 0 Å². The van der Waals surface area contributed by atoms with Gasteiger partial charge in [0.05, 0.1) is 11.9 Å². The number of aromatic nitrogens is 3. The van der Waals surface area contributed by atoms with E-state index >= 15 is 0 Å². The fourth-order valence-electron chi connectivity index (χ4n) is 3.70. The Bertz CT molecular complexity index is 1020. The van der Waals surface area contributed by atoms with Gasteiger partial charge >= 0.3 is 0 Å². The van der Waals surface area contributed by atoms with Gasteiger partial charge in [-0.15, -0.1) is 0 Å². The third kappa shape index (κ3) is 2.70. The van der Waals surface area contributed by atoms with Crippen LogP contribution in [0.4, 0.5) is 0 Å². The Morgan fingerprint density at radius 2 is 1.96 bits per heavy atom. The molecule has 3 aromatic rings. The zero-order chi connectivity index (χ0) is 18.4. The Morgan fingerprint density at radius 1 is 1.15 bits per heavy atom. The topological polar surface area (TPSA) is 69.0 Å². The van der Waals surface area contributed by atoms with Gasteiger partial charge in [0, 0.05) is 24.8 Å². The number of rotatable bonds is 2. The summed E-state index contributed by atoms with van der Waals surface area (Å²) in [5, 5.41) is 4.45. The van der Waals surface area contributed by atoms with E-state index in [1.165, 1.54) is 0 Å². The third-order valence-electron chi connectivity index (χ3n) is 5.37. The summed E-state index contributed by atoms with van der Waals surface area (Å²) in [6.45, 7) is 4.05. The molecule has 0 saturated carbocycles. The quantitative estimate of drug-likeness (QED) is 0.699. The molecule has 0 unspecified atom stereocenters. The number of likely N-dealkylation sites (tertiary alicyclic amines) is 1. The van der Waals surface area contributed by atoms with Crippen molar-refractivity contribution in [2.75, 3.05) is 19.9 Å². The Kier molecular flexibility index (Phi) is 3.74.